The minimum atomic E-state index is -0.904. The van der Waals surface area contributed by atoms with Crippen molar-refractivity contribution in [1.82, 2.24) is 4.90 Å². The van der Waals surface area contributed by atoms with Gasteiger partial charge in [-0.05, 0) is 33.6 Å². The van der Waals surface area contributed by atoms with Crippen molar-refractivity contribution in [2.45, 2.75) is 64.5 Å². The van der Waals surface area contributed by atoms with Gasteiger partial charge >= 0.3 is 12.1 Å². The van der Waals surface area contributed by atoms with Crippen LogP contribution in [-0.2, 0) is 9.53 Å². The number of hydrogen-bond acceptors (Lipinski definition) is 3. The number of likely N-dealkylation sites (tertiary alicyclic amines) is 1. The zero-order valence-electron chi connectivity index (χ0n) is 11.9. The number of rotatable bonds is 1. The van der Waals surface area contributed by atoms with Crippen LogP contribution in [0.25, 0.3) is 0 Å². The summed E-state index contributed by atoms with van der Waals surface area (Å²) < 4.78 is 5.28. The van der Waals surface area contributed by atoms with E-state index in [0.717, 1.165) is 25.7 Å². The molecule has 2 rings (SSSR count). The van der Waals surface area contributed by atoms with Crippen LogP contribution in [0.4, 0.5) is 4.79 Å². The number of carbonyl (C=O) groups is 2. The molecule has 2 aliphatic rings. The minimum absolute atomic E-state index is 0.207. The Kier molecular flexibility index (Phi) is 3.49. The predicted molar refractivity (Wildman–Crippen MR) is 69.9 cm³/mol. The lowest BCUT2D eigenvalue weighted by atomic mass is 9.63. The van der Waals surface area contributed by atoms with Crippen LogP contribution in [0.1, 0.15) is 52.9 Å². The van der Waals surface area contributed by atoms with E-state index in [2.05, 4.69) is 0 Å². The molecule has 0 bridgehead atoms. The summed E-state index contributed by atoms with van der Waals surface area (Å²) in [6, 6.07) is -0.706. The molecule has 108 valence electrons. The van der Waals surface area contributed by atoms with Gasteiger partial charge in [0, 0.05) is 12.0 Å². The first-order valence-electron chi connectivity index (χ1n) is 6.98. The number of carbonyl (C=O) groups excluding carboxylic acids is 1. The lowest BCUT2D eigenvalue weighted by Gasteiger charge is -2.56. The van der Waals surface area contributed by atoms with Gasteiger partial charge in [0.1, 0.15) is 11.6 Å². The van der Waals surface area contributed by atoms with Crippen LogP contribution in [0.15, 0.2) is 0 Å². The molecule has 1 N–H and O–H groups in total. The number of amides is 1. The average Bonchev–Trinajstić information content (AvgIpc) is 2.24. The fourth-order valence-corrected chi connectivity index (χ4v) is 3.31. The highest BCUT2D eigenvalue weighted by Crippen LogP contribution is 2.49. The van der Waals surface area contributed by atoms with Gasteiger partial charge in [-0.1, -0.05) is 19.3 Å². The molecule has 1 saturated heterocycles. The van der Waals surface area contributed by atoms with Gasteiger partial charge in [-0.15, -0.1) is 0 Å². The van der Waals surface area contributed by atoms with Crippen LogP contribution in [0.5, 0.6) is 0 Å². The van der Waals surface area contributed by atoms with Crippen LogP contribution in [0.2, 0.25) is 0 Å². The van der Waals surface area contributed by atoms with Gasteiger partial charge in [0.25, 0.3) is 0 Å². The summed E-state index contributed by atoms with van der Waals surface area (Å²) in [6.45, 7) is 5.89. The number of carboxylic acid groups (broad SMARTS) is 1. The molecule has 0 aromatic carbocycles. The third-order valence-corrected chi connectivity index (χ3v) is 4.09. The Morgan fingerprint density at radius 1 is 1.21 bits per heavy atom. The van der Waals surface area contributed by atoms with Gasteiger partial charge < -0.3 is 9.84 Å². The van der Waals surface area contributed by atoms with E-state index in [1.54, 1.807) is 20.8 Å². The maximum absolute atomic E-state index is 12.0. The SMILES string of the molecule is CC(C)(C)OC(=O)N1CC2(CCCCC2)C1C(=O)O. The van der Waals surface area contributed by atoms with E-state index in [1.807, 2.05) is 0 Å². The van der Waals surface area contributed by atoms with Crippen molar-refractivity contribution in [3.05, 3.63) is 0 Å². The molecular weight excluding hydrogens is 246 g/mol. The van der Waals surface area contributed by atoms with Gasteiger partial charge in [-0.2, -0.15) is 0 Å². The molecule has 1 atom stereocenters. The largest absolute Gasteiger partial charge is 0.480 e. The van der Waals surface area contributed by atoms with Crippen molar-refractivity contribution >= 4 is 12.1 Å². The van der Waals surface area contributed by atoms with E-state index < -0.39 is 23.7 Å². The van der Waals surface area contributed by atoms with Gasteiger partial charge in [0.2, 0.25) is 0 Å². The Labute approximate surface area is 113 Å². The monoisotopic (exact) mass is 269 g/mol. The molecule has 19 heavy (non-hydrogen) atoms. The third-order valence-electron chi connectivity index (χ3n) is 4.09. The summed E-state index contributed by atoms with van der Waals surface area (Å²) in [4.78, 5) is 24.9. The van der Waals surface area contributed by atoms with Crippen LogP contribution >= 0.6 is 0 Å². The Bertz CT molecular complexity index is 379. The summed E-state index contributed by atoms with van der Waals surface area (Å²) in [5, 5.41) is 9.42. The van der Waals surface area contributed by atoms with Crippen molar-refractivity contribution in [3.8, 4) is 0 Å². The van der Waals surface area contributed by atoms with E-state index in [4.69, 9.17) is 4.74 Å². The fraction of sp³-hybridized carbons (Fsp3) is 0.857. The quantitative estimate of drug-likeness (QED) is 0.794. The maximum atomic E-state index is 12.0. The first-order chi connectivity index (χ1) is 8.75. The highest BCUT2D eigenvalue weighted by molar-refractivity contribution is 5.83. The molecule has 1 spiro atoms. The van der Waals surface area contributed by atoms with E-state index >= 15 is 0 Å². The summed E-state index contributed by atoms with van der Waals surface area (Å²) in [6.07, 6.45) is 4.60. The Morgan fingerprint density at radius 2 is 1.79 bits per heavy atom. The first kappa shape index (κ1) is 14.2. The van der Waals surface area contributed by atoms with Gasteiger partial charge in [-0.3, -0.25) is 4.90 Å². The minimum Gasteiger partial charge on any atom is -0.480 e. The molecule has 1 heterocycles. The predicted octanol–water partition coefficient (Wildman–Crippen LogP) is 2.64. The smallest absolute Gasteiger partial charge is 0.411 e. The van der Waals surface area contributed by atoms with Gasteiger partial charge in [0.15, 0.2) is 0 Å². The molecule has 0 aromatic rings. The number of aliphatic carboxylic acids is 1. The summed E-state index contributed by atoms with van der Waals surface area (Å²) in [5.41, 5.74) is -0.795. The second kappa shape index (κ2) is 4.69. The number of ether oxygens (including phenoxy) is 1. The summed E-state index contributed by atoms with van der Waals surface area (Å²) >= 11 is 0. The molecule has 0 aromatic heterocycles. The van der Waals surface area contributed by atoms with Crippen LogP contribution in [0, 0.1) is 5.41 Å². The zero-order chi connectivity index (χ0) is 14.3. The average molecular weight is 269 g/mol. The standard InChI is InChI=1S/C14H23NO4/c1-13(2,3)19-12(18)15-9-14(10(15)11(16)17)7-5-4-6-8-14/h10H,4-9H2,1-3H3,(H,16,17). The number of nitrogens with zero attached hydrogens (tertiary/aromatic N) is 1. The zero-order valence-corrected chi connectivity index (χ0v) is 11.9. The fourth-order valence-electron chi connectivity index (χ4n) is 3.31. The van der Waals surface area contributed by atoms with E-state index in [9.17, 15) is 14.7 Å². The van der Waals surface area contributed by atoms with Crippen molar-refractivity contribution in [2.24, 2.45) is 5.41 Å². The molecule has 2 fully saturated rings. The molecule has 1 amide bonds. The van der Waals surface area contributed by atoms with Crippen LogP contribution in [-0.4, -0.2) is 40.3 Å². The second-order valence-corrected chi connectivity index (χ2v) is 6.77. The topological polar surface area (TPSA) is 66.8 Å². The summed E-state index contributed by atoms with van der Waals surface area (Å²) in [7, 11) is 0. The van der Waals surface area contributed by atoms with Crippen LogP contribution < -0.4 is 0 Å². The highest BCUT2D eigenvalue weighted by atomic mass is 16.6. The third kappa shape index (κ3) is 2.69. The number of carboxylic acids is 1. The van der Waals surface area contributed by atoms with Gasteiger partial charge in [-0.25, -0.2) is 9.59 Å². The van der Waals surface area contributed by atoms with Crippen molar-refractivity contribution in [1.29, 1.82) is 0 Å². The Morgan fingerprint density at radius 3 is 2.26 bits per heavy atom. The maximum Gasteiger partial charge on any atom is 0.411 e. The van der Waals surface area contributed by atoms with E-state index in [0.29, 0.717) is 6.54 Å². The summed E-state index contributed by atoms with van der Waals surface area (Å²) in [5.74, 6) is -0.904. The van der Waals surface area contributed by atoms with Gasteiger partial charge in [0.05, 0.1) is 0 Å². The molecular formula is C14H23NO4. The van der Waals surface area contributed by atoms with Crippen molar-refractivity contribution < 1.29 is 19.4 Å². The van der Waals surface area contributed by atoms with Crippen molar-refractivity contribution in [3.63, 3.8) is 0 Å². The van der Waals surface area contributed by atoms with E-state index in [1.165, 1.54) is 11.3 Å². The Balaban J connectivity index is 2.08. The second-order valence-electron chi connectivity index (χ2n) is 6.77. The van der Waals surface area contributed by atoms with E-state index in [-0.39, 0.29) is 5.41 Å². The lowest BCUT2D eigenvalue weighted by Crippen LogP contribution is -2.70. The van der Waals surface area contributed by atoms with Crippen LogP contribution in [0.3, 0.4) is 0 Å². The molecule has 1 aliphatic carbocycles. The molecule has 1 saturated carbocycles. The molecule has 0 radical (unpaired) electrons. The molecule has 1 unspecified atom stereocenters. The number of hydrogen-bond donors (Lipinski definition) is 1. The molecule has 5 nitrogen and oxygen atoms in total. The van der Waals surface area contributed by atoms with Crippen molar-refractivity contribution in [2.75, 3.05) is 6.54 Å². The highest BCUT2D eigenvalue weighted by Gasteiger charge is 2.58. The normalized spacial score (nSPS) is 25.8. The first-order valence-corrected chi connectivity index (χ1v) is 6.98. The Hall–Kier alpha value is -1.26. The molecule has 1 aliphatic heterocycles. The lowest BCUT2D eigenvalue weighted by molar-refractivity contribution is -0.167. The molecule has 5 heteroatoms.